The first-order valence-corrected chi connectivity index (χ1v) is 10.0. The van der Waals surface area contributed by atoms with Gasteiger partial charge in [0.05, 0.1) is 24.5 Å². The number of unbranched alkanes of at least 4 members (excludes halogenated alkanes) is 3. The molecular formula is C23H30O5. The first-order valence-electron chi connectivity index (χ1n) is 10.0. The Morgan fingerprint density at radius 2 is 1.75 bits per heavy atom. The first kappa shape index (κ1) is 21.7. The van der Waals surface area contributed by atoms with Crippen LogP contribution in [0.25, 0.3) is 0 Å². The first-order chi connectivity index (χ1) is 13.5. The lowest BCUT2D eigenvalue weighted by molar-refractivity contribution is -0.130. The van der Waals surface area contributed by atoms with E-state index in [4.69, 9.17) is 14.2 Å². The third-order valence-electron chi connectivity index (χ3n) is 4.71. The Bertz CT molecular complexity index is 715. The summed E-state index contributed by atoms with van der Waals surface area (Å²) in [4.78, 5) is 24.4. The van der Waals surface area contributed by atoms with Crippen LogP contribution in [0.5, 0.6) is 5.75 Å². The zero-order chi connectivity index (χ0) is 20.4. The van der Waals surface area contributed by atoms with E-state index < -0.39 is 0 Å². The maximum Gasteiger partial charge on any atom is 0.339 e. The van der Waals surface area contributed by atoms with Crippen LogP contribution in [0.15, 0.2) is 47.7 Å². The lowest BCUT2D eigenvalue weighted by Crippen LogP contribution is -2.15. The number of allylic oxidation sites excluding steroid dienone is 3. The molecular weight excluding hydrogens is 356 g/mol. The summed E-state index contributed by atoms with van der Waals surface area (Å²) in [6, 6.07) is 6.46. The number of benzene rings is 1. The van der Waals surface area contributed by atoms with E-state index in [9.17, 15) is 9.59 Å². The quantitative estimate of drug-likeness (QED) is 0.308. The normalized spacial score (nSPS) is 14.5. The molecule has 0 aliphatic heterocycles. The van der Waals surface area contributed by atoms with Crippen molar-refractivity contribution >= 4 is 11.9 Å². The van der Waals surface area contributed by atoms with Crippen LogP contribution in [0.2, 0.25) is 0 Å². The van der Waals surface area contributed by atoms with Gasteiger partial charge in [0.1, 0.15) is 5.75 Å². The van der Waals surface area contributed by atoms with E-state index in [1.165, 1.54) is 12.8 Å². The number of hydrogen-bond donors (Lipinski definition) is 0. The predicted molar refractivity (Wildman–Crippen MR) is 108 cm³/mol. The molecule has 5 nitrogen and oxygen atoms in total. The molecule has 1 unspecified atom stereocenters. The molecule has 1 aliphatic carbocycles. The Balaban J connectivity index is 1.84. The van der Waals surface area contributed by atoms with E-state index in [2.05, 4.69) is 6.92 Å². The van der Waals surface area contributed by atoms with Crippen molar-refractivity contribution in [2.24, 2.45) is 0 Å². The Morgan fingerprint density at radius 1 is 1.00 bits per heavy atom. The third-order valence-corrected chi connectivity index (χ3v) is 4.71. The van der Waals surface area contributed by atoms with Crippen LogP contribution in [0, 0.1) is 0 Å². The van der Waals surface area contributed by atoms with Gasteiger partial charge in [0.15, 0.2) is 0 Å². The summed E-state index contributed by atoms with van der Waals surface area (Å²) >= 11 is 0. The highest BCUT2D eigenvalue weighted by Crippen LogP contribution is 2.21. The smallest absolute Gasteiger partial charge is 0.339 e. The standard InChI is InChI=1S/C23H30O5/c1-4-5-6-7-8-17(2)27-22(24)18-11-15-21(16-12-18)28-23(25)19-9-13-20(26-3)14-10-19/h9,11-13,15-17H,4-8,10,14H2,1-3H3. The molecule has 0 bridgehead atoms. The maximum absolute atomic E-state index is 12.2. The zero-order valence-corrected chi connectivity index (χ0v) is 17.0. The van der Waals surface area contributed by atoms with Gasteiger partial charge in [0.25, 0.3) is 0 Å². The van der Waals surface area contributed by atoms with Crippen molar-refractivity contribution in [1.29, 1.82) is 0 Å². The van der Waals surface area contributed by atoms with Gasteiger partial charge in [-0.3, -0.25) is 0 Å². The summed E-state index contributed by atoms with van der Waals surface area (Å²) in [7, 11) is 1.61. The fraction of sp³-hybridized carbons (Fsp3) is 0.478. The minimum absolute atomic E-state index is 0.106. The maximum atomic E-state index is 12.2. The van der Waals surface area contributed by atoms with Crippen molar-refractivity contribution in [2.75, 3.05) is 7.11 Å². The van der Waals surface area contributed by atoms with Crippen molar-refractivity contribution in [3.8, 4) is 5.75 Å². The van der Waals surface area contributed by atoms with E-state index in [1.54, 1.807) is 43.5 Å². The third kappa shape index (κ3) is 6.87. The molecule has 1 aromatic carbocycles. The molecule has 0 aromatic heterocycles. The van der Waals surface area contributed by atoms with Crippen molar-refractivity contribution in [2.45, 2.75) is 64.9 Å². The van der Waals surface area contributed by atoms with Crippen molar-refractivity contribution in [3.05, 3.63) is 53.3 Å². The summed E-state index contributed by atoms with van der Waals surface area (Å²) in [6.07, 6.45) is 10.2. The second-order valence-corrected chi connectivity index (χ2v) is 7.01. The average Bonchev–Trinajstić information content (AvgIpc) is 2.71. The van der Waals surface area contributed by atoms with Crippen LogP contribution in [0.3, 0.4) is 0 Å². The Morgan fingerprint density at radius 3 is 2.36 bits per heavy atom. The molecule has 0 amide bonds. The molecule has 0 saturated carbocycles. The van der Waals surface area contributed by atoms with Gasteiger partial charge in [0.2, 0.25) is 0 Å². The van der Waals surface area contributed by atoms with Gasteiger partial charge in [0, 0.05) is 12.0 Å². The topological polar surface area (TPSA) is 61.8 Å². The Hall–Kier alpha value is -2.56. The summed E-state index contributed by atoms with van der Waals surface area (Å²) < 4.78 is 16.0. The number of carbonyl (C=O) groups is 2. The van der Waals surface area contributed by atoms with E-state index in [0.717, 1.165) is 25.0 Å². The number of esters is 2. The molecule has 1 aromatic rings. The fourth-order valence-electron chi connectivity index (χ4n) is 2.96. The van der Waals surface area contributed by atoms with Crippen molar-refractivity contribution in [1.82, 2.24) is 0 Å². The van der Waals surface area contributed by atoms with Gasteiger partial charge < -0.3 is 14.2 Å². The van der Waals surface area contributed by atoms with Crippen LogP contribution in [-0.2, 0) is 14.3 Å². The lowest BCUT2D eigenvalue weighted by Gasteiger charge is -2.14. The molecule has 5 heteroatoms. The van der Waals surface area contributed by atoms with Crippen molar-refractivity contribution in [3.63, 3.8) is 0 Å². The largest absolute Gasteiger partial charge is 0.501 e. The highest BCUT2D eigenvalue weighted by Gasteiger charge is 2.17. The SMILES string of the molecule is CCCCCCC(C)OC(=O)c1ccc(OC(=O)C2=CC=C(OC)CC2)cc1. The number of ether oxygens (including phenoxy) is 3. The zero-order valence-electron chi connectivity index (χ0n) is 17.0. The average molecular weight is 386 g/mol. The van der Waals surface area contributed by atoms with E-state index in [0.29, 0.717) is 29.7 Å². The van der Waals surface area contributed by atoms with Gasteiger partial charge in [-0.25, -0.2) is 9.59 Å². The van der Waals surface area contributed by atoms with Gasteiger partial charge in [-0.15, -0.1) is 0 Å². The van der Waals surface area contributed by atoms with Crippen LogP contribution in [-0.4, -0.2) is 25.2 Å². The number of rotatable bonds is 10. The number of carbonyl (C=O) groups excluding carboxylic acids is 2. The molecule has 152 valence electrons. The highest BCUT2D eigenvalue weighted by molar-refractivity contribution is 5.91. The summed E-state index contributed by atoms with van der Waals surface area (Å²) in [5.74, 6) is 0.506. The minimum Gasteiger partial charge on any atom is -0.501 e. The molecule has 0 spiro atoms. The molecule has 0 fully saturated rings. The molecule has 28 heavy (non-hydrogen) atoms. The fourth-order valence-corrected chi connectivity index (χ4v) is 2.96. The van der Waals surface area contributed by atoms with Gasteiger partial charge >= 0.3 is 11.9 Å². The molecule has 0 N–H and O–H groups in total. The molecule has 0 radical (unpaired) electrons. The summed E-state index contributed by atoms with van der Waals surface area (Å²) in [5.41, 5.74) is 1.05. The Labute approximate surface area is 167 Å². The van der Waals surface area contributed by atoms with Crippen LogP contribution in [0.1, 0.15) is 69.2 Å². The van der Waals surface area contributed by atoms with E-state index >= 15 is 0 Å². The Kier molecular flexibility index (Phi) is 8.79. The molecule has 0 heterocycles. The van der Waals surface area contributed by atoms with Gasteiger partial charge in [-0.2, -0.15) is 0 Å². The highest BCUT2D eigenvalue weighted by atomic mass is 16.5. The van der Waals surface area contributed by atoms with Crippen molar-refractivity contribution < 1.29 is 23.8 Å². The predicted octanol–water partition coefficient (Wildman–Crippen LogP) is 5.36. The summed E-state index contributed by atoms with van der Waals surface area (Å²) in [5, 5.41) is 0. The second kappa shape index (κ2) is 11.3. The molecule has 1 atom stereocenters. The minimum atomic E-state index is -0.387. The molecule has 1 aliphatic rings. The number of hydrogen-bond acceptors (Lipinski definition) is 5. The second-order valence-electron chi connectivity index (χ2n) is 7.01. The molecule has 0 saturated heterocycles. The van der Waals surface area contributed by atoms with Gasteiger partial charge in [-0.05, 0) is 62.6 Å². The van der Waals surface area contributed by atoms with E-state index in [-0.39, 0.29) is 18.0 Å². The van der Waals surface area contributed by atoms with Gasteiger partial charge in [-0.1, -0.05) is 26.2 Å². The molecule has 2 rings (SSSR count). The summed E-state index contributed by atoms with van der Waals surface area (Å²) in [6.45, 7) is 4.09. The number of methoxy groups -OCH3 is 1. The van der Waals surface area contributed by atoms with Crippen LogP contribution < -0.4 is 4.74 Å². The van der Waals surface area contributed by atoms with E-state index in [1.807, 2.05) is 6.92 Å². The monoisotopic (exact) mass is 386 g/mol. The van der Waals surface area contributed by atoms with Crippen LogP contribution >= 0.6 is 0 Å². The lowest BCUT2D eigenvalue weighted by atomic mass is 10.0. The van der Waals surface area contributed by atoms with Crippen LogP contribution in [0.4, 0.5) is 0 Å².